The number of Topliss-reactive ketones (excluding diaryl/α,β-unsaturated/α-hetero) is 1. The number of aromatic nitrogens is 1. The van der Waals surface area contributed by atoms with Gasteiger partial charge in [0.1, 0.15) is 11.5 Å². The van der Waals surface area contributed by atoms with Crippen molar-refractivity contribution >= 4 is 40.7 Å². The number of aliphatic hydroxyl groups is 1. The third-order valence-electron chi connectivity index (χ3n) is 5.68. The van der Waals surface area contributed by atoms with E-state index in [9.17, 15) is 14.7 Å². The minimum atomic E-state index is -0.910. The summed E-state index contributed by atoms with van der Waals surface area (Å²) in [7, 11) is 0. The van der Waals surface area contributed by atoms with Gasteiger partial charge in [0.05, 0.1) is 17.7 Å². The Labute approximate surface area is 213 Å². The monoisotopic (exact) mass is 510 g/mol. The molecule has 0 bridgehead atoms. The Bertz CT molecular complexity index is 1320. The van der Waals surface area contributed by atoms with Gasteiger partial charge in [-0.1, -0.05) is 35.3 Å². The number of ketones is 1. The van der Waals surface area contributed by atoms with Gasteiger partial charge in [0.2, 0.25) is 0 Å². The molecular weight excluding hydrogens is 487 g/mol. The molecule has 1 atom stereocenters. The summed E-state index contributed by atoms with van der Waals surface area (Å²) in [6, 6.07) is 12.6. The van der Waals surface area contributed by atoms with Crippen molar-refractivity contribution in [3.05, 3.63) is 98.8 Å². The molecule has 0 saturated carbocycles. The van der Waals surface area contributed by atoms with E-state index in [4.69, 9.17) is 27.9 Å². The number of hydrogen-bond donors (Lipinski definition) is 1. The number of carbonyl (C=O) groups is 2. The van der Waals surface area contributed by atoms with Crippen LogP contribution in [0.15, 0.2) is 66.5 Å². The molecule has 1 saturated heterocycles. The Balaban J connectivity index is 1.86. The summed E-state index contributed by atoms with van der Waals surface area (Å²) < 4.78 is 5.78. The largest absolute Gasteiger partial charge is 0.507 e. The van der Waals surface area contributed by atoms with E-state index in [1.54, 1.807) is 54.9 Å². The van der Waals surface area contributed by atoms with E-state index in [0.717, 1.165) is 11.1 Å². The fraction of sp³-hybridized carbons (Fsp3) is 0.222. The number of aliphatic hydroxyl groups excluding tert-OH is 1. The third kappa shape index (κ3) is 5.04. The van der Waals surface area contributed by atoms with Crippen molar-refractivity contribution in [2.75, 3.05) is 0 Å². The summed E-state index contributed by atoms with van der Waals surface area (Å²) in [4.78, 5) is 31.9. The maximum atomic E-state index is 13.3. The first-order valence-corrected chi connectivity index (χ1v) is 11.8. The predicted octanol–water partition coefficient (Wildman–Crippen LogP) is 6.11. The molecule has 1 aliphatic heterocycles. The second-order valence-corrected chi connectivity index (χ2v) is 9.44. The Hall–Kier alpha value is -3.35. The average molecular weight is 511 g/mol. The molecule has 1 amide bonds. The minimum Gasteiger partial charge on any atom is -0.507 e. The maximum Gasteiger partial charge on any atom is 0.295 e. The van der Waals surface area contributed by atoms with Crippen molar-refractivity contribution in [1.29, 1.82) is 0 Å². The fourth-order valence-corrected chi connectivity index (χ4v) is 4.63. The van der Waals surface area contributed by atoms with Gasteiger partial charge >= 0.3 is 0 Å². The summed E-state index contributed by atoms with van der Waals surface area (Å²) in [6.07, 6.45) is 3.23. The van der Waals surface area contributed by atoms with Gasteiger partial charge in [0, 0.05) is 34.5 Å². The number of amides is 1. The van der Waals surface area contributed by atoms with Crippen molar-refractivity contribution in [2.24, 2.45) is 0 Å². The first-order chi connectivity index (χ1) is 16.7. The molecule has 180 valence electrons. The summed E-state index contributed by atoms with van der Waals surface area (Å²) >= 11 is 12.6. The lowest BCUT2D eigenvalue weighted by Crippen LogP contribution is -2.29. The molecular formula is C27H24Cl2N2O4. The molecule has 8 heteroatoms. The topological polar surface area (TPSA) is 79.7 Å². The summed E-state index contributed by atoms with van der Waals surface area (Å²) in [6.45, 7) is 5.81. The van der Waals surface area contributed by atoms with Gasteiger partial charge in [-0.3, -0.25) is 14.6 Å². The van der Waals surface area contributed by atoms with E-state index in [-0.39, 0.29) is 29.0 Å². The van der Waals surface area contributed by atoms with E-state index < -0.39 is 17.7 Å². The van der Waals surface area contributed by atoms with Gasteiger partial charge in [-0.2, -0.15) is 0 Å². The number of rotatable bonds is 6. The average Bonchev–Trinajstić information content (AvgIpc) is 3.05. The number of carbonyl (C=O) groups excluding carboxylic acids is 2. The molecule has 0 radical (unpaired) electrons. The number of nitrogens with zero attached hydrogens (tertiary/aromatic N) is 2. The van der Waals surface area contributed by atoms with Crippen LogP contribution in [-0.4, -0.2) is 32.8 Å². The van der Waals surface area contributed by atoms with Crippen molar-refractivity contribution in [3.63, 3.8) is 0 Å². The summed E-state index contributed by atoms with van der Waals surface area (Å²) in [5, 5.41) is 12.0. The minimum absolute atomic E-state index is 0.0157. The molecule has 1 N–H and O–H groups in total. The zero-order valence-electron chi connectivity index (χ0n) is 19.5. The first kappa shape index (κ1) is 24.8. The second kappa shape index (κ2) is 10.1. The molecule has 1 aliphatic rings. The normalized spacial score (nSPS) is 17.3. The van der Waals surface area contributed by atoms with Crippen LogP contribution in [0.25, 0.3) is 5.76 Å². The SMILES string of the molecule is Cc1cc(/C(O)=C2\C(=O)C(=O)N(Cc3cccnc3)C2c2ccc(Cl)cc2Cl)ccc1OC(C)C. The highest BCUT2D eigenvalue weighted by atomic mass is 35.5. The van der Waals surface area contributed by atoms with Crippen LogP contribution in [0.4, 0.5) is 0 Å². The maximum absolute atomic E-state index is 13.3. The second-order valence-electron chi connectivity index (χ2n) is 8.60. The van der Waals surface area contributed by atoms with Crippen LogP contribution < -0.4 is 4.74 Å². The fourth-order valence-electron chi connectivity index (χ4n) is 4.12. The van der Waals surface area contributed by atoms with Gasteiger partial charge in [-0.25, -0.2) is 0 Å². The Morgan fingerprint density at radius 1 is 1.14 bits per heavy atom. The highest BCUT2D eigenvalue weighted by Gasteiger charge is 2.46. The van der Waals surface area contributed by atoms with Gasteiger partial charge in [0.15, 0.2) is 0 Å². The number of likely N-dealkylation sites (tertiary alicyclic amines) is 1. The van der Waals surface area contributed by atoms with E-state index >= 15 is 0 Å². The van der Waals surface area contributed by atoms with Crippen LogP contribution in [0.5, 0.6) is 5.75 Å². The number of hydrogen-bond acceptors (Lipinski definition) is 5. The number of pyridine rings is 1. The molecule has 2 aromatic carbocycles. The van der Waals surface area contributed by atoms with E-state index in [1.807, 2.05) is 26.8 Å². The Kier molecular flexibility index (Phi) is 7.15. The van der Waals surface area contributed by atoms with Crippen molar-refractivity contribution < 1.29 is 19.4 Å². The molecule has 35 heavy (non-hydrogen) atoms. The quantitative estimate of drug-likeness (QED) is 0.246. The van der Waals surface area contributed by atoms with E-state index in [0.29, 0.717) is 21.9 Å². The van der Waals surface area contributed by atoms with Crippen molar-refractivity contribution in [2.45, 2.75) is 39.5 Å². The summed E-state index contributed by atoms with van der Waals surface area (Å²) in [5.74, 6) is -1.14. The number of benzene rings is 2. The molecule has 3 aromatic rings. The lowest BCUT2D eigenvalue weighted by atomic mass is 9.94. The zero-order chi connectivity index (χ0) is 25.3. The number of ether oxygens (including phenoxy) is 1. The number of halogens is 2. The van der Waals surface area contributed by atoms with Gasteiger partial charge < -0.3 is 14.7 Å². The first-order valence-electron chi connectivity index (χ1n) is 11.1. The molecule has 0 aliphatic carbocycles. The Morgan fingerprint density at radius 2 is 1.91 bits per heavy atom. The molecule has 1 fully saturated rings. The lowest BCUT2D eigenvalue weighted by molar-refractivity contribution is -0.140. The van der Waals surface area contributed by atoms with Crippen LogP contribution in [0, 0.1) is 6.92 Å². The van der Waals surface area contributed by atoms with Crippen molar-refractivity contribution in [3.8, 4) is 5.75 Å². The highest BCUT2D eigenvalue weighted by molar-refractivity contribution is 6.47. The van der Waals surface area contributed by atoms with Crippen molar-refractivity contribution in [1.82, 2.24) is 9.88 Å². The molecule has 4 rings (SSSR count). The smallest absolute Gasteiger partial charge is 0.295 e. The lowest BCUT2D eigenvalue weighted by Gasteiger charge is -2.26. The predicted molar refractivity (Wildman–Crippen MR) is 135 cm³/mol. The van der Waals surface area contributed by atoms with Crippen LogP contribution in [0.1, 0.15) is 42.1 Å². The van der Waals surface area contributed by atoms with Gasteiger partial charge in [-0.05, 0) is 73.9 Å². The van der Waals surface area contributed by atoms with E-state index in [2.05, 4.69) is 4.98 Å². The van der Waals surface area contributed by atoms with Crippen LogP contribution in [-0.2, 0) is 16.1 Å². The molecule has 1 unspecified atom stereocenters. The van der Waals surface area contributed by atoms with Crippen LogP contribution >= 0.6 is 23.2 Å². The number of aryl methyl sites for hydroxylation is 1. The zero-order valence-corrected chi connectivity index (χ0v) is 21.0. The van der Waals surface area contributed by atoms with Gasteiger partial charge in [0.25, 0.3) is 11.7 Å². The standard InChI is InChI=1S/C27H24Cl2N2O4/c1-15(2)35-22-9-6-18(11-16(22)3)25(32)23-24(20-8-7-19(28)12-21(20)29)31(27(34)26(23)33)14-17-5-4-10-30-13-17/h4-13,15,24,32H,14H2,1-3H3/b25-23+. The summed E-state index contributed by atoms with van der Waals surface area (Å²) in [5.41, 5.74) is 2.36. The molecule has 6 nitrogen and oxygen atoms in total. The van der Waals surface area contributed by atoms with Crippen LogP contribution in [0.2, 0.25) is 10.0 Å². The molecule has 0 spiro atoms. The Morgan fingerprint density at radius 3 is 2.54 bits per heavy atom. The molecule has 2 heterocycles. The molecule has 1 aromatic heterocycles. The third-order valence-corrected chi connectivity index (χ3v) is 6.25. The van der Waals surface area contributed by atoms with Crippen LogP contribution in [0.3, 0.4) is 0 Å². The van der Waals surface area contributed by atoms with Gasteiger partial charge in [-0.15, -0.1) is 0 Å². The van der Waals surface area contributed by atoms with E-state index in [1.165, 1.54) is 4.90 Å². The highest BCUT2D eigenvalue weighted by Crippen LogP contribution is 2.43.